The lowest BCUT2D eigenvalue weighted by molar-refractivity contribution is 0.0702. The van der Waals surface area contributed by atoms with Crippen LogP contribution in [0.25, 0.3) is 11.3 Å². The number of anilines is 2. The van der Waals surface area contributed by atoms with Gasteiger partial charge in [-0.1, -0.05) is 11.3 Å². The standard InChI is InChI=1S/C13H15N3O3S/c1-6(2)19-9-4-3-7(5-8(9)14)10-11(12(17)18)20-13(15)16-10/h3-6H,14H2,1-2H3,(H2,15,16)(H,17,18). The van der Waals surface area contributed by atoms with Crippen molar-refractivity contribution in [3.8, 4) is 17.0 Å². The Morgan fingerprint density at radius 3 is 2.65 bits per heavy atom. The molecule has 5 N–H and O–H groups in total. The fourth-order valence-electron chi connectivity index (χ4n) is 1.73. The SMILES string of the molecule is CC(C)Oc1ccc(-c2nc(N)sc2C(=O)O)cc1N. The van der Waals surface area contributed by atoms with Gasteiger partial charge in [0.1, 0.15) is 10.6 Å². The first kappa shape index (κ1) is 14.1. The maximum absolute atomic E-state index is 11.2. The minimum Gasteiger partial charge on any atom is -0.489 e. The van der Waals surface area contributed by atoms with Gasteiger partial charge in [0, 0.05) is 5.56 Å². The van der Waals surface area contributed by atoms with E-state index in [1.807, 2.05) is 13.8 Å². The second-order valence-electron chi connectivity index (χ2n) is 4.45. The second kappa shape index (κ2) is 5.38. The molecule has 20 heavy (non-hydrogen) atoms. The predicted octanol–water partition coefficient (Wildman–Crippen LogP) is 2.46. The van der Waals surface area contributed by atoms with E-state index in [-0.39, 0.29) is 16.1 Å². The van der Waals surface area contributed by atoms with Crippen molar-refractivity contribution in [2.45, 2.75) is 20.0 Å². The van der Waals surface area contributed by atoms with Gasteiger partial charge in [0.05, 0.1) is 17.5 Å². The van der Waals surface area contributed by atoms with Crippen molar-refractivity contribution in [2.75, 3.05) is 11.5 Å². The van der Waals surface area contributed by atoms with Crippen molar-refractivity contribution < 1.29 is 14.6 Å². The number of aromatic nitrogens is 1. The highest BCUT2D eigenvalue weighted by Crippen LogP contribution is 2.33. The van der Waals surface area contributed by atoms with Gasteiger partial charge in [-0.15, -0.1) is 0 Å². The Bertz CT molecular complexity index is 652. The molecule has 0 aliphatic heterocycles. The number of nitrogens with two attached hydrogens (primary N) is 2. The highest BCUT2D eigenvalue weighted by Gasteiger charge is 2.18. The number of nitrogen functional groups attached to an aromatic ring is 2. The lowest BCUT2D eigenvalue weighted by atomic mass is 10.1. The summed E-state index contributed by atoms with van der Waals surface area (Å²) in [7, 11) is 0. The van der Waals surface area contributed by atoms with Crippen LogP contribution in [0, 0.1) is 0 Å². The largest absolute Gasteiger partial charge is 0.489 e. The van der Waals surface area contributed by atoms with E-state index in [9.17, 15) is 4.79 Å². The van der Waals surface area contributed by atoms with Crippen molar-refractivity contribution in [3.63, 3.8) is 0 Å². The number of hydrogen-bond donors (Lipinski definition) is 3. The van der Waals surface area contributed by atoms with Crippen LogP contribution in [-0.4, -0.2) is 22.2 Å². The van der Waals surface area contributed by atoms with Crippen LogP contribution < -0.4 is 16.2 Å². The Hall–Kier alpha value is -2.28. The number of nitrogens with zero attached hydrogens (tertiary/aromatic N) is 1. The van der Waals surface area contributed by atoms with Crippen LogP contribution in [0.3, 0.4) is 0 Å². The van der Waals surface area contributed by atoms with Gasteiger partial charge in [-0.2, -0.15) is 0 Å². The third-order valence-corrected chi connectivity index (χ3v) is 3.36. The molecule has 0 aliphatic carbocycles. The average Bonchev–Trinajstić information content (AvgIpc) is 2.73. The van der Waals surface area contributed by atoms with E-state index in [4.69, 9.17) is 21.3 Å². The number of hydrogen-bond acceptors (Lipinski definition) is 6. The normalized spacial score (nSPS) is 10.8. The summed E-state index contributed by atoms with van der Waals surface area (Å²) >= 11 is 0.933. The fourth-order valence-corrected chi connectivity index (χ4v) is 2.43. The quantitative estimate of drug-likeness (QED) is 0.747. The summed E-state index contributed by atoms with van der Waals surface area (Å²) in [5.41, 5.74) is 12.8. The predicted molar refractivity (Wildman–Crippen MR) is 79.1 cm³/mol. The number of carbonyl (C=O) groups is 1. The van der Waals surface area contributed by atoms with E-state index in [0.29, 0.717) is 22.7 Å². The zero-order valence-electron chi connectivity index (χ0n) is 11.1. The smallest absolute Gasteiger partial charge is 0.348 e. The number of carboxylic acids is 1. The van der Waals surface area contributed by atoms with Gasteiger partial charge in [0.25, 0.3) is 0 Å². The number of ether oxygens (including phenoxy) is 1. The summed E-state index contributed by atoms with van der Waals surface area (Å²) in [6.45, 7) is 3.80. The molecule has 2 rings (SSSR count). The average molecular weight is 293 g/mol. The molecule has 0 bridgehead atoms. The number of benzene rings is 1. The topological polar surface area (TPSA) is 111 Å². The molecule has 6 nitrogen and oxygen atoms in total. The van der Waals surface area contributed by atoms with E-state index < -0.39 is 5.97 Å². The molecule has 0 fully saturated rings. The van der Waals surface area contributed by atoms with Crippen molar-refractivity contribution >= 4 is 28.1 Å². The first-order valence-corrected chi connectivity index (χ1v) is 6.76. The maximum Gasteiger partial charge on any atom is 0.348 e. The van der Waals surface area contributed by atoms with Crippen LogP contribution >= 0.6 is 11.3 Å². The Morgan fingerprint density at radius 2 is 2.10 bits per heavy atom. The van der Waals surface area contributed by atoms with E-state index in [2.05, 4.69) is 4.98 Å². The Balaban J connectivity index is 2.44. The maximum atomic E-state index is 11.2. The van der Waals surface area contributed by atoms with Crippen LogP contribution in [-0.2, 0) is 0 Å². The molecule has 1 heterocycles. The summed E-state index contributed by atoms with van der Waals surface area (Å²) in [5.74, 6) is -0.501. The van der Waals surface area contributed by atoms with Crippen LogP contribution in [0.4, 0.5) is 10.8 Å². The third kappa shape index (κ3) is 2.83. The lowest BCUT2D eigenvalue weighted by Gasteiger charge is -2.12. The number of carboxylic acid groups (broad SMARTS) is 1. The highest BCUT2D eigenvalue weighted by molar-refractivity contribution is 7.17. The molecule has 0 radical (unpaired) electrons. The molecule has 0 amide bonds. The van der Waals surface area contributed by atoms with E-state index in [1.54, 1.807) is 18.2 Å². The molecule has 0 atom stereocenters. The molecule has 0 saturated carbocycles. The number of aromatic carboxylic acids is 1. The van der Waals surface area contributed by atoms with Gasteiger partial charge in [-0.3, -0.25) is 0 Å². The monoisotopic (exact) mass is 293 g/mol. The van der Waals surface area contributed by atoms with Crippen molar-refractivity contribution in [1.82, 2.24) is 4.98 Å². The first-order valence-electron chi connectivity index (χ1n) is 5.94. The highest BCUT2D eigenvalue weighted by atomic mass is 32.1. The molecule has 0 unspecified atom stereocenters. The molecule has 0 saturated heterocycles. The van der Waals surface area contributed by atoms with E-state index >= 15 is 0 Å². The van der Waals surface area contributed by atoms with Crippen LogP contribution in [0.2, 0.25) is 0 Å². The second-order valence-corrected chi connectivity index (χ2v) is 5.48. The molecule has 2 aromatic rings. The summed E-state index contributed by atoms with van der Waals surface area (Å²) < 4.78 is 5.53. The van der Waals surface area contributed by atoms with Gasteiger partial charge in [-0.25, -0.2) is 9.78 Å². The van der Waals surface area contributed by atoms with Gasteiger partial charge in [0.2, 0.25) is 0 Å². The molecular formula is C13H15N3O3S. The summed E-state index contributed by atoms with van der Waals surface area (Å²) in [4.78, 5) is 15.3. The van der Waals surface area contributed by atoms with Gasteiger partial charge < -0.3 is 21.3 Å². The van der Waals surface area contributed by atoms with Crippen LogP contribution in [0.15, 0.2) is 18.2 Å². The van der Waals surface area contributed by atoms with Crippen molar-refractivity contribution in [1.29, 1.82) is 0 Å². The van der Waals surface area contributed by atoms with Crippen LogP contribution in [0.1, 0.15) is 23.5 Å². The minimum atomic E-state index is -1.06. The summed E-state index contributed by atoms with van der Waals surface area (Å²) in [6, 6.07) is 5.06. The van der Waals surface area contributed by atoms with Crippen molar-refractivity contribution in [2.24, 2.45) is 0 Å². The lowest BCUT2D eigenvalue weighted by Crippen LogP contribution is -2.07. The first-order chi connectivity index (χ1) is 9.38. The van der Waals surface area contributed by atoms with Crippen molar-refractivity contribution in [3.05, 3.63) is 23.1 Å². The third-order valence-electron chi connectivity index (χ3n) is 2.48. The van der Waals surface area contributed by atoms with E-state index in [1.165, 1.54) is 0 Å². The van der Waals surface area contributed by atoms with Crippen LogP contribution in [0.5, 0.6) is 5.75 Å². The van der Waals surface area contributed by atoms with Gasteiger partial charge in [0.15, 0.2) is 5.13 Å². The number of thiazole rings is 1. The summed E-state index contributed by atoms with van der Waals surface area (Å²) in [6.07, 6.45) is 0.00708. The minimum absolute atomic E-state index is 0.00708. The molecule has 106 valence electrons. The molecule has 1 aromatic heterocycles. The zero-order chi connectivity index (χ0) is 14.9. The van der Waals surface area contributed by atoms with Gasteiger partial charge >= 0.3 is 5.97 Å². The molecule has 1 aromatic carbocycles. The molecular weight excluding hydrogens is 278 g/mol. The molecule has 0 aliphatic rings. The van der Waals surface area contributed by atoms with Gasteiger partial charge in [-0.05, 0) is 32.0 Å². The van der Waals surface area contributed by atoms with E-state index in [0.717, 1.165) is 11.3 Å². The zero-order valence-corrected chi connectivity index (χ0v) is 11.9. The Morgan fingerprint density at radius 1 is 1.40 bits per heavy atom. The number of rotatable bonds is 4. The summed E-state index contributed by atoms with van der Waals surface area (Å²) in [5, 5.41) is 9.35. The Labute approximate surface area is 120 Å². The Kier molecular flexibility index (Phi) is 3.80. The fraction of sp³-hybridized carbons (Fsp3) is 0.231. The molecule has 0 spiro atoms. The molecule has 7 heteroatoms.